The van der Waals surface area contributed by atoms with Crippen molar-refractivity contribution in [1.29, 1.82) is 0 Å². The standard InChI is InChI=1S/C10H13BrN2OS/c1-10(2,3)15(14)13-6-8-4-5-12-7-9(8)11/h4-7H,1-3H3/b13-6+. The molecule has 0 fully saturated rings. The van der Waals surface area contributed by atoms with E-state index >= 15 is 0 Å². The van der Waals surface area contributed by atoms with Crippen LogP contribution in [-0.2, 0) is 11.4 Å². The molecule has 1 aromatic heterocycles. The summed E-state index contributed by atoms with van der Waals surface area (Å²) in [5.74, 6) is 0. The second-order valence-electron chi connectivity index (χ2n) is 3.99. The van der Waals surface area contributed by atoms with Crippen molar-refractivity contribution in [3.63, 3.8) is 0 Å². The van der Waals surface area contributed by atoms with Crippen LogP contribution < -0.4 is 0 Å². The zero-order valence-electron chi connectivity index (χ0n) is 8.90. The maximum atomic E-state index is 11.6. The summed E-state index contributed by atoms with van der Waals surface area (Å²) in [6, 6.07) is 1.81. The van der Waals surface area contributed by atoms with E-state index in [1.807, 2.05) is 26.8 Å². The molecule has 3 nitrogen and oxygen atoms in total. The molecular weight excluding hydrogens is 276 g/mol. The van der Waals surface area contributed by atoms with Crippen LogP contribution in [0, 0.1) is 0 Å². The molecule has 0 N–H and O–H groups in total. The van der Waals surface area contributed by atoms with Crippen LogP contribution in [0.25, 0.3) is 0 Å². The van der Waals surface area contributed by atoms with Crippen molar-refractivity contribution in [2.24, 2.45) is 4.40 Å². The van der Waals surface area contributed by atoms with Crippen LogP contribution in [0.3, 0.4) is 0 Å². The molecule has 5 heteroatoms. The molecule has 0 radical (unpaired) electrons. The maximum Gasteiger partial charge on any atom is 0.144 e. The van der Waals surface area contributed by atoms with Crippen molar-refractivity contribution in [1.82, 2.24) is 4.98 Å². The van der Waals surface area contributed by atoms with Crippen LogP contribution in [0.15, 0.2) is 27.3 Å². The van der Waals surface area contributed by atoms with Gasteiger partial charge in [0.25, 0.3) is 0 Å². The first-order chi connectivity index (χ1) is 6.91. The predicted molar refractivity (Wildman–Crippen MR) is 67.4 cm³/mol. The van der Waals surface area contributed by atoms with Crippen LogP contribution in [0.4, 0.5) is 0 Å². The molecule has 1 unspecified atom stereocenters. The lowest BCUT2D eigenvalue weighted by Gasteiger charge is -2.17. The molecule has 1 aromatic rings. The minimum atomic E-state index is -1.22. The lowest BCUT2D eigenvalue weighted by Crippen LogP contribution is -2.25. The zero-order chi connectivity index (χ0) is 11.5. The number of hydrogen-bond acceptors (Lipinski definition) is 3. The predicted octanol–water partition coefficient (Wildman–Crippen LogP) is 2.73. The minimum absolute atomic E-state index is 0.323. The zero-order valence-corrected chi connectivity index (χ0v) is 11.3. The van der Waals surface area contributed by atoms with E-state index in [4.69, 9.17) is 0 Å². The van der Waals surface area contributed by atoms with E-state index < -0.39 is 11.4 Å². The highest BCUT2D eigenvalue weighted by Gasteiger charge is 2.25. The quantitative estimate of drug-likeness (QED) is 0.621. The molecular formula is C10H13BrN2OS. The van der Waals surface area contributed by atoms with Crippen LogP contribution in [0.2, 0.25) is 0 Å². The third-order valence-corrected chi connectivity index (χ3v) is 3.62. The normalized spacial score (nSPS) is 14.5. The van der Waals surface area contributed by atoms with Crippen molar-refractivity contribution in [2.45, 2.75) is 25.5 Å². The van der Waals surface area contributed by atoms with Crippen molar-refractivity contribution in [3.8, 4) is 0 Å². The van der Waals surface area contributed by atoms with Gasteiger partial charge in [-0.05, 0) is 42.8 Å². The summed E-state index contributed by atoms with van der Waals surface area (Å²) in [6.07, 6.45) is 4.96. The molecule has 1 atom stereocenters. The highest BCUT2D eigenvalue weighted by molar-refractivity contribution is 9.10. The fourth-order valence-electron chi connectivity index (χ4n) is 0.753. The molecule has 0 saturated carbocycles. The van der Waals surface area contributed by atoms with Gasteiger partial charge in [0.1, 0.15) is 16.1 Å². The Bertz CT molecular complexity index is 363. The lowest BCUT2D eigenvalue weighted by atomic mass is 10.3. The van der Waals surface area contributed by atoms with E-state index in [9.17, 15) is 4.55 Å². The summed E-state index contributed by atoms with van der Waals surface area (Å²) >= 11 is 2.13. The first-order valence-electron chi connectivity index (χ1n) is 4.47. The molecule has 1 heterocycles. The molecule has 0 aliphatic rings. The number of pyridine rings is 1. The molecule has 15 heavy (non-hydrogen) atoms. The Hall–Kier alpha value is -0.390. The van der Waals surface area contributed by atoms with Gasteiger partial charge >= 0.3 is 0 Å². The van der Waals surface area contributed by atoms with Gasteiger partial charge in [0.05, 0.1) is 6.21 Å². The molecule has 0 bridgehead atoms. The summed E-state index contributed by atoms with van der Waals surface area (Å²) in [6.45, 7) is 5.67. The number of halogens is 1. The first-order valence-corrected chi connectivity index (χ1v) is 6.37. The second-order valence-corrected chi connectivity index (χ2v) is 6.78. The van der Waals surface area contributed by atoms with Gasteiger partial charge in [-0.2, -0.15) is 0 Å². The molecule has 82 valence electrons. The van der Waals surface area contributed by atoms with Gasteiger partial charge in [0.15, 0.2) is 0 Å². The van der Waals surface area contributed by atoms with Gasteiger partial charge in [-0.15, -0.1) is 0 Å². The smallest absolute Gasteiger partial charge is 0.144 e. The van der Waals surface area contributed by atoms with Crippen molar-refractivity contribution in [3.05, 3.63) is 28.5 Å². The Labute approximate surface area is 101 Å². The lowest BCUT2D eigenvalue weighted by molar-refractivity contribution is 0.562. The number of hydrogen-bond donors (Lipinski definition) is 0. The maximum absolute atomic E-state index is 11.6. The SMILES string of the molecule is CC(C)(C)[S+]([O-])/N=C/c1ccncc1Br. The van der Waals surface area contributed by atoms with Crippen LogP contribution >= 0.6 is 15.9 Å². The fourth-order valence-corrected chi connectivity index (χ4v) is 1.63. The summed E-state index contributed by atoms with van der Waals surface area (Å²) < 4.78 is 16.2. The van der Waals surface area contributed by atoms with Gasteiger partial charge in [-0.3, -0.25) is 4.98 Å². The molecule has 0 saturated heterocycles. The minimum Gasteiger partial charge on any atom is -0.591 e. The van der Waals surface area contributed by atoms with Gasteiger partial charge < -0.3 is 4.55 Å². The summed E-state index contributed by atoms with van der Waals surface area (Å²) in [5, 5.41) is 0. The van der Waals surface area contributed by atoms with Crippen LogP contribution in [-0.4, -0.2) is 20.5 Å². The summed E-state index contributed by atoms with van der Waals surface area (Å²) in [4.78, 5) is 3.94. The Balaban J connectivity index is 2.79. The highest BCUT2D eigenvalue weighted by atomic mass is 79.9. The van der Waals surface area contributed by atoms with Gasteiger partial charge in [0, 0.05) is 22.4 Å². The first kappa shape index (κ1) is 12.7. The van der Waals surface area contributed by atoms with Crippen molar-refractivity contribution >= 4 is 33.5 Å². The Morgan fingerprint density at radius 3 is 2.73 bits per heavy atom. The Morgan fingerprint density at radius 2 is 2.20 bits per heavy atom. The fraction of sp³-hybridized carbons (Fsp3) is 0.400. The monoisotopic (exact) mass is 288 g/mol. The molecule has 0 aliphatic carbocycles. The van der Waals surface area contributed by atoms with E-state index in [1.54, 1.807) is 18.6 Å². The number of rotatable bonds is 2. The molecule has 0 aliphatic heterocycles. The molecule has 0 spiro atoms. The Morgan fingerprint density at radius 1 is 1.53 bits per heavy atom. The van der Waals surface area contributed by atoms with Gasteiger partial charge in [-0.1, -0.05) is 4.40 Å². The van der Waals surface area contributed by atoms with Crippen LogP contribution in [0.5, 0.6) is 0 Å². The van der Waals surface area contributed by atoms with Crippen molar-refractivity contribution in [2.75, 3.05) is 0 Å². The summed E-state index contributed by atoms with van der Waals surface area (Å²) in [7, 11) is 0. The largest absolute Gasteiger partial charge is 0.591 e. The summed E-state index contributed by atoms with van der Waals surface area (Å²) in [5.41, 5.74) is 0.877. The third-order valence-electron chi connectivity index (χ3n) is 1.62. The highest BCUT2D eigenvalue weighted by Crippen LogP contribution is 2.18. The topological polar surface area (TPSA) is 48.3 Å². The van der Waals surface area contributed by atoms with E-state index in [0.717, 1.165) is 10.0 Å². The van der Waals surface area contributed by atoms with E-state index in [-0.39, 0.29) is 4.75 Å². The molecule has 0 aromatic carbocycles. The third kappa shape index (κ3) is 3.93. The molecule has 0 amide bonds. The second kappa shape index (κ2) is 5.09. The molecule has 1 rings (SSSR count). The Kier molecular flexibility index (Phi) is 4.31. The van der Waals surface area contributed by atoms with Gasteiger partial charge in [-0.25, -0.2) is 0 Å². The number of aromatic nitrogens is 1. The van der Waals surface area contributed by atoms with E-state index in [1.165, 1.54) is 0 Å². The number of nitrogens with zero attached hydrogens (tertiary/aromatic N) is 2. The average molecular weight is 289 g/mol. The van der Waals surface area contributed by atoms with E-state index in [0.29, 0.717) is 0 Å². The van der Waals surface area contributed by atoms with Crippen molar-refractivity contribution < 1.29 is 4.55 Å². The van der Waals surface area contributed by atoms with E-state index in [2.05, 4.69) is 25.3 Å². The van der Waals surface area contributed by atoms with Gasteiger partial charge in [0.2, 0.25) is 0 Å². The van der Waals surface area contributed by atoms with Crippen LogP contribution in [0.1, 0.15) is 26.3 Å². The average Bonchev–Trinajstić information content (AvgIpc) is 2.14.